The zero-order valence-corrected chi connectivity index (χ0v) is 14.6. The number of ether oxygens (including phenoxy) is 1. The molecule has 2 rings (SSSR count). The molecule has 3 nitrogen and oxygen atoms in total. The zero-order valence-electron chi connectivity index (χ0n) is 13.8. The van der Waals surface area contributed by atoms with Gasteiger partial charge in [-0.3, -0.25) is 0 Å². The maximum Gasteiger partial charge on any atom is 0.119 e. The second-order valence-electron chi connectivity index (χ2n) is 5.59. The fraction of sp³-hybridized carbons (Fsp3) is 0.368. The maximum atomic E-state index is 9.16. The van der Waals surface area contributed by atoms with Crippen molar-refractivity contribution >= 4 is 12.4 Å². The summed E-state index contributed by atoms with van der Waals surface area (Å²) in [6, 6.07) is 16.6. The minimum atomic E-state index is 0. The molecule has 0 amide bonds. The van der Waals surface area contributed by atoms with Crippen LogP contribution < -0.4 is 10.1 Å². The van der Waals surface area contributed by atoms with Gasteiger partial charge in [-0.25, -0.2) is 0 Å². The fourth-order valence-corrected chi connectivity index (χ4v) is 2.15. The third-order valence-corrected chi connectivity index (χ3v) is 3.76. The first-order valence-corrected chi connectivity index (χ1v) is 7.82. The van der Waals surface area contributed by atoms with Crippen molar-refractivity contribution in [2.45, 2.75) is 39.5 Å². The van der Waals surface area contributed by atoms with E-state index in [2.05, 4.69) is 55.6 Å². The van der Waals surface area contributed by atoms with Crippen LogP contribution in [-0.4, -0.2) is 17.8 Å². The van der Waals surface area contributed by atoms with Crippen molar-refractivity contribution in [1.82, 2.24) is 5.32 Å². The Bertz CT molecular complexity index is 551. The van der Waals surface area contributed by atoms with E-state index in [1.165, 1.54) is 16.7 Å². The summed E-state index contributed by atoms with van der Waals surface area (Å²) in [6.45, 7) is 5.67. The Kier molecular flexibility index (Phi) is 8.70. The third kappa shape index (κ3) is 6.61. The molecule has 126 valence electrons. The fourth-order valence-electron chi connectivity index (χ4n) is 2.15. The topological polar surface area (TPSA) is 41.5 Å². The highest BCUT2D eigenvalue weighted by Crippen LogP contribution is 2.14. The standard InChI is InChI=1S/C19H25NO2.ClH/c1-3-18(13-21)20-12-16-8-10-19(11-9-16)22-14-17-6-4-15(2)5-7-17;/h4-11,18,20-21H,3,12-14H2,1-2H3;1H. The molecular formula is C19H26ClNO2. The van der Waals surface area contributed by atoms with Crippen LogP contribution in [-0.2, 0) is 13.2 Å². The molecule has 0 radical (unpaired) electrons. The molecule has 1 unspecified atom stereocenters. The van der Waals surface area contributed by atoms with Crippen LogP contribution in [0.2, 0.25) is 0 Å². The molecule has 0 heterocycles. The lowest BCUT2D eigenvalue weighted by Crippen LogP contribution is -2.31. The first kappa shape index (κ1) is 19.5. The molecular weight excluding hydrogens is 310 g/mol. The van der Waals surface area contributed by atoms with Crippen molar-refractivity contribution in [3.8, 4) is 5.75 Å². The SMILES string of the molecule is CCC(CO)NCc1ccc(OCc2ccc(C)cc2)cc1.Cl. The maximum absolute atomic E-state index is 9.16. The van der Waals surface area contributed by atoms with Crippen LogP contribution in [0.3, 0.4) is 0 Å². The molecule has 0 aliphatic carbocycles. The van der Waals surface area contributed by atoms with E-state index in [1.54, 1.807) is 0 Å². The molecule has 0 bridgehead atoms. The number of hydrogen-bond donors (Lipinski definition) is 2. The summed E-state index contributed by atoms with van der Waals surface area (Å²) in [7, 11) is 0. The van der Waals surface area contributed by atoms with E-state index in [0.29, 0.717) is 6.61 Å². The molecule has 23 heavy (non-hydrogen) atoms. The van der Waals surface area contributed by atoms with Gasteiger partial charge in [-0.2, -0.15) is 0 Å². The number of hydrogen-bond acceptors (Lipinski definition) is 3. The molecule has 0 spiro atoms. The highest BCUT2D eigenvalue weighted by Gasteiger charge is 2.03. The Balaban J connectivity index is 0.00000264. The average Bonchev–Trinajstić information content (AvgIpc) is 2.56. The minimum absolute atomic E-state index is 0. The van der Waals surface area contributed by atoms with Gasteiger partial charge in [-0.1, -0.05) is 48.9 Å². The van der Waals surface area contributed by atoms with E-state index < -0.39 is 0 Å². The zero-order chi connectivity index (χ0) is 15.8. The molecule has 2 aromatic carbocycles. The third-order valence-electron chi connectivity index (χ3n) is 3.76. The summed E-state index contributed by atoms with van der Waals surface area (Å²) in [5, 5.41) is 12.5. The second kappa shape index (κ2) is 10.3. The Morgan fingerprint density at radius 1 is 1.00 bits per heavy atom. The summed E-state index contributed by atoms with van der Waals surface area (Å²) >= 11 is 0. The van der Waals surface area contributed by atoms with Gasteiger partial charge in [0, 0.05) is 12.6 Å². The quantitative estimate of drug-likeness (QED) is 0.769. The van der Waals surface area contributed by atoms with Crippen molar-refractivity contribution in [1.29, 1.82) is 0 Å². The van der Waals surface area contributed by atoms with E-state index in [9.17, 15) is 0 Å². The van der Waals surface area contributed by atoms with E-state index >= 15 is 0 Å². The van der Waals surface area contributed by atoms with Gasteiger partial charge in [0.25, 0.3) is 0 Å². The van der Waals surface area contributed by atoms with Gasteiger partial charge >= 0.3 is 0 Å². The van der Waals surface area contributed by atoms with Crippen LogP contribution >= 0.6 is 12.4 Å². The average molecular weight is 336 g/mol. The molecule has 0 aromatic heterocycles. The highest BCUT2D eigenvalue weighted by molar-refractivity contribution is 5.85. The molecule has 0 aliphatic heterocycles. The Morgan fingerprint density at radius 3 is 2.17 bits per heavy atom. The van der Waals surface area contributed by atoms with Gasteiger partial charge in [-0.05, 0) is 36.6 Å². The first-order valence-electron chi connectivity index (χ1n) is 7.82. The van der Waals surface area contributed by atoms with Crippen LogP contribution in [0.1, 0.15) is 30.0 Å². The van der Waals surface area contributed by atoms with Gasteiger partial charge in [0.1, 0.15) is 12.4 Å². The van der Waals surface area contributed by atoms with Crippen LogP contribution in [0.25, 0.3) is 0 Å². The van der Waals surface area contributed by atoms with Crippen molar-refractivity contribution in [2.24, 2.45) is 0 Å². The second-order valence-corrected chi connectivity index (χ2v) is 5.59. The van der Waals surface area contributed by atoms with Crippen LogP contribution in [0.15, 0.2) is 48.5 Å². The van der Waals surface area contributed by atoms with E-state index in [-0.39, 0.29) is 25.1 Å². The van der Waals surface area contributed by atoms with Crippen LogP contribution in [0.5, 0.6) is 5.75 Å². The van der Waals surface area contributed by atoms with Crippen LogP contribution in [0.4, 0.5) is 0 Å². The molecule has 2 aromatic rings. The van der Waals surface area contributed by atoms with Crippen molar-refractivity contribution in [3.63, 3.8) is 0 Å². The summed E-state index contributed by atoms with van der Waals surface area (Å²) in [5.41, 5.74) is 3.62. The summed E-state index contributed by atoms with van der Waals surface area (Å²) < 4.78 is 5.79. The number of nitrogens with one attached hydrogen (secondary N) is 1. The monoisotopic (exact) mass is 335 g/mol. The predicted octanol–water partition coefficient (Wildman–Crippen LogP) is 3.86. The summed E-state index contributed by atoms with van der Waals surface area (Å²) in [4.78, 5) is 0. The van der Waals surface area contributed by atoms with E-state index in [0.717, 1.165) is 18.7 Å². The van der Waals surface area contributed by atoms with Gasteiger partial charge in [0.15, 0.2) is 0 Å². The predicted molar refractivity (Wildman–Crippen MR) is 97.2 cm³/mol. The molecule has 0 fully saturated rings. The highest BCUT2D eigenvalue weighted by atomic mass is 35.5. The van der Waals surface area contributed by atoms with Gasteiger partial charge < -0.3 is 15.2 Å². The summed E-state index contributed by atoms with van der Waals surface area (Å²) in [6.07, 6.45) is 0.925. The lowest BCUT2D eigenvalue weighted by Gasteiger charge is -2.14. The van der Waals surface area contributed by atoms with Gasteiger partial charge in [0.2, 0.25) is 0 Å². The molecule has 0 saturated carbocycles. The smallest absolute Gasteiger partial charge is 0.119 e. The number of aliphatic hydroxyl groups is 1. The Hall–Kier alpha value is -1.55. The van der Waals surface area contributed by atoms with Crippen molar-refractivity contribution in [3.05, 3.63) is 65.2 Å². The molecule has 1 atom stereocenters. The number of aliphatic hydroxyl groups excluding tert-OH is 1. The van der Waals surface area contributed by atoms with Gasteiger partial charge in [0.05, 0.1) is 6.61 Å². The van der Waals surface area contributed by atoms with E-state index in [4.69, 9.17) is 9.84 Å². The molecule has 0 aliphatic rings. The number of benzene rings is 2. The minimum Gasteiger partial charge on any atom is -0.489 e. The molecule has 2 N–H and O–H groups in total. The molecule has 4 heteroatoms. The Labute approximate surface area is 145 Å². The van der Waals surface area contributed by atoms with Crippen molar-refractivity contribution < 1.29 is 9.84 Å². The molecule has 0 saturated heterocycles. The lowest BCUT2D eigenvalue weighted by molar-refractivity contribution is 0.238. The summed E-state index contributed by atoms with van der Waals surface area (Å²) in [5.74, 6) is 0.874. The number of rotatable bonds is 8. The number of aryl methyl sites for hydroxylation is 1. The lowest BCUT2D eigenvalue weighted by atomic mass is 10.1. The number of halogens is 1. The van der Waals surface area contributed by atoms with Gasteiger partial charge in [-0.15, -0.1) is 12.4 Å². The largest absolute Gasteiger partial charge is 0.489 e. The Morgan fingerprint density at radius 2 is 1.61 bits per heavy atom. The van der Waals surface area contributed by atoms with E-state index in [1.807, 2.05) is 12.1 Å². The first-order chi connectivity index (χ1) is 10.7. The van der Waals surface area contributed by atoms with Crippen LogP contribution in [0, 0.1) is 6.92 Å². The van der Waals surface area contributed by atoms with Crippen molar-refractivity contribution in [2.75, 3.05) is 6.61 Å². The normalized spacial score (nSPS) is 11.6.